The number of aryl methyl sites for hydroxylation is 2. The Labute approximate surface area is 369 Å². The summed E-state index contributed by atoms with van der Waals surface area (Å²) in [5.74, 6) is 2.57. The molecule has 0 N–H and O–H groups in total. The Hall–Kier alpha value is -2.71. The van der Waals surface area contributed by atoms with Crippen molar-refractivity contribution < 1.29 is 40.8 Å². The van der Waals surface area contributed by atoms with Gasteiger partial charge in [-0.25, -0.2) is 0 Å². The van der Waals surface area contributed by atoms with E-state index in [4.69, 9.17) is 0 Å². The Morgan fingerprint density at radius 1 is 0.561 bits per heavy atom. The summed E-state index contributed by atoms with van der Waals surface area (Å²) in [5, 5.41) is 19.0. The minimum Gasteiger partial charge on any atom is -1.00 e. The summed E-state index contributed by atoms with van der Waals surface area (Å²) in [6, 6.07) is 35.1. The Kier molecular flexibility index (Phi) is 19.0. The number of benzene rings is 4. The van der Waals surface area contributed by atoms with Crippen LogP contribution in [0.3, 0.4) is 0 Å². The smallest absolute Gasteiger partial charge is 0.0306 e. The SMILES string of the molecule is CC(C)(C)c1ccc([O-])c(C(C)(C)C)c1.C[Si](=[Zr+2])c1ccccc1.Cc1cc2c(C(C)C)cc(C(C)C)cc2[cH-]1.Cc1cc2c(C(C)C)cc(C(C)C)cc2[cH-]1.[Cl-]. The van der Waals surface area contributed by atoms with Crippen molar-refractivity contribution >= 4 is 32.2 Å². The van der Waals surface area contributed by atoms with Gasteiger partial charge in [-0.05, 0) is 40.1 Å². The van der Waals surface area contributed by atoms with Gasteiger partial charge in [-0.1, -0.05) is 169 Å². The molecule has 0 aliphatic rings. The van der Waals surface area contributed by atoms with Crippen molar-refractivity contribution in [3.05, 3.63) is 142 Å². The molecular weight excluding hydrogens is 807 g/mol. The molecule has 0 fully saturated rings. The number of halogens is 1. The minimum atomic E-state index is -0.122. The Morgan fingerprint density at radius 2 is 0.982 bits per heavy atom. The third kappa shape index (κ3) is 14.5. The van der Waals surface area contributed by atoms with Gasteiger partial charge in [0, 0.05) is 0 Å². The van der Waals surface area contributed by atoms with Crippen molar-refractivity contribution in [2.45, 2.75) is 152 Å². The average Bonchev–Trinajstić information content (AvgIpc) is 3.67. The molecule has 6 rings (SSSR count). The van der Waals surface area contributed by atoms with E-state index in [1.54, 1.807) is 34.6 Å². The summed E-state index contributed by atoms with van der Waals surface area (Å²) in [6.45, 7) is 37.6. The van der Waals surface area contributed by atoms with E-state index >= 15 is 0 Å². The predicted octanol–water partition coefficient (Wildman–Crippen LogP) is 11.6. The Bertz CT molecular complexity index is 2090. The van der Waals surface area contributed by atoms with E-state index in [1.165, 1.54) is 60.5 Å². The van der Waals surface area contributed by atoms with Crippen LogP contribution in [0.15, 0.2) is 97.1 Å². The molecule has 0 saturated carbocycles. The van der Waals surface area contributed by atoms with Gasteiger partial charge in [0.15, 0.2) is 0 Å². The molecule has 6 aromatic carbocycles. The Balaban J connectivity index is 0.000000266. The van der Waals surface area contributed by atoms with Crippen LogP contribution in [0.5, 0.6) is 5.75 Å². The molecule has 0 bridgehead atoms. The monoisotopic (exact) mass is 876 g/mol. The van der Waals surface area contributed by atoms with E-state index in [9.17, 15) is 5.11 Å². The fourth-order valence-electron chi connectivity index (χ4n) is 6.94. The third-order valence-corrected chi connectivity index (χ3v) is 13.8. The zero-order valence-electron chi connectivity index (χ0n) is 38.3. The first-order valence-corrected chi connectivity index (χ1v) is 26.4. The zero-order valence-corrected chi connectivity index (χ0v) is 42.5. The fourth-order valence-corrected chi connectivity index (χ4v) is 8.86. The molecule has 0 unspecified atom stereocenters. The van der Waals surface area contributed by atoms with Gasteiger partial charge in [-0.2, -0.15) is 12.1 Å². The van der Waals surface area contributed by atoms with Gasteiger partial charge in [0.25, 0.3) is 0 Å². The van der Waals surface area contributed by atoms with Gasteiger partial charge in [0.1, 0.15) is 0 Å². The second-order valence-electron chi connectivity index (χ2n) is 19.1. The summed E-state index contributed by atoms with van der Waals surface area (Å²) >= 11 is 1.69. The number of hydrogen-bond donors (Lipinski definition) is 0. The van der Waals surface area contributed by atoms with Crippen LogP contribution >= 0.6 is 0 Å². The molecule has 0 aliphatic heterocycles. The summed E-state index contributed by atoms with van der Waals surface area (Å²) in [5.41, 5.74) is 10.7. The van der Waals surface area contributed by atoms with E-state index in [0.29, 0.717) is 23.7 Å². The van der Waals surface area contributed by atoms with Gasteiger partial charge in [0.05, 0.1) is 0 Å². The van der Waals surface area contributed by atoms with Gasteiger partial charge >= 0.3 is 70.8 Å². The second-order valence-corrected chi connectivity index (χ2v) is 26.5. The second kappa shape index (κ2) is 21.5. The van der Waals surface area contributed by atoms with Crippen molar-refractivity contribution in [3.8, 4) is 5.75 Å². The number of hydrogen-bond acceptors (Lipinski definition) is 1. The van der Waals surface area contributed by atoms with Gasteiger partial charge in [-0.15, -0.1) is 62.7 Å². The summed E-state index contributed by atoms with van der Waals surface area (Å²) < 4.78 is 0. The van der Waals surface area contributed by atoms with Crippen LogP contribution in [-0.4, -0.2) is 5.43 Å². The molecule has 0 saturated heterocycles. The topological polar surface area (TPSA) is 23.1 Å². The van der Waals surface area contributed by atoms with Gasteiger partial charge in [0.2, 0.25) is 0 Å². The molecule has 0 atom stereocenters. The van der Waals surface area contributed by atoms with Crippen LogP contribution in [0.25, 0.3) is 21.5 Å². The molecule has 0 aromatic heterocycles. The molecule has 57 heavy (non-hydrogen) atoms. The molecule has 4 heteroatoms. The first-order chi connectivity index (χ1) is 25.9. The third-order valence-electron chi connectivity index (χ3n) is 10.5. The normalized spacial score (nSPS) is 11.6. The first-order valence-electron chi connectivity index (χ1n) is 20.7. The molecule has 0 radical (unpaired) electrons. The number of fused-ring (bicyclic) bond motifs is 2. The largest absolute Gasteiger partial charge is 1.00 e. The van der Waals surface area contributed by atoms with Crippen LogP contribution in [0.1, 0.15) is 165 Å². The standard InChI is InChI=1S/2C16H21.C14H22O.C7H8Si.ClH.Zr/c2*1-10(2)13-8-14-6-12(5)7-16(14)15(9-13)11(3)4;1-13(2,3)10-7-8-12(15)11(9-10)14(4,5)6;1-8-7-5-3-2-4-6-7;;/h2*6-11H,1-5H3;7-9,15H,1-6H3;2-6H,1H3;1H;/q2*-1;;;;+2/p-2. The van der Waals surface area contributed by atoms with Gasteiger partial charge < -0.3 is 17.5 Å². The van der Waals surface area contributed by atoms with Crippen molar-refractivity contribution in [2.75, 3.05) is 0 Å². The maximum absolute atomic E-state index is 11.7. The van der Waals surface area contributed by atoms with Crippen LogP contribution in [0.2, 0.25) is 6.55 Å². The average molecular weight is 879 g/mol. The van der Waals surface area contributed by atoms with Crippen molar-refractivity contribution in [1.82, 2.24) is 0 Å². The van der Waals surface area contributed by atoms with Gasteiger partial charge in [-0.3, -0.25) is 0 Å². The molecule has 306 valence electrons. The summed E-state index contributed by atoms with van der Waals surface area (Å²) in [6.07, 6.45) is 0. The molecule has 0 heterocycles. The fraction of sp³-hybridized carbons (Fsp3) is 0.434. The quantitative estimate of drug-likeness (QED) is 0.125. The van der Waals surface area contributed by atoms with E-state index in [0.717, 1.165) is 5.56 Å². The van der Waals surface area contributed by atoms with Crippen LogP contribution in [0.4, 0.5) is 0 Å². The van der Waals surface area contributed by atoms with E-state index < -0.39 is 0 Å². The molecule has 6 aromatic rings. The van der Waals surface area contributed by atoms with Crippen LogP contribution in [-0.2, 0) is 34.2 Å². The van der Waals surface area contributed by atoms with Crippen molar-refractivity contribution in [1.29, 1.82) is 0 Å². The van der Waals surface area contributed by atoms with E-state index in [-0.39, 0.29) is 34.4 Å². The molecule has 0 aliphatic carbocycles. The van der Waals surface area contributed by atoms with Crippen LogP contribution in [0, 0.1) is 13.8 Å². The molecule has 1 nitrogen and oxygen atoms in total. The minimum absolute atomic E-state index is 0. The number of rotatable bonds is 5. The summed E-state index contributed by atoms with van der Waals surface area (Å²) in [4.78, 5) is 0. The van der Waals surface area contributed by atoms with E-state index in [2.05, 4.69) is 202 Å². The summed E-state index contributed by atoms with van der Waals surface area (Å²) in [7, 11) is 0. The van der Waals surface area contributed by atoms with Crippen molar-refractivity contribution in [3.63, 3.8) is 0 Å². The zero-order chi connectivity index (χ0) is 42.3. The Morgan fingerprint density at radius 3 is 1.30 bits per heavy atom. The predicted molar refractivity (Wildman–Crippen MR) is 246 cm³/mol. The molecule has 0 amide bonds. The van der Waals surface area contributed by atoms with Crippen LogP contribution < -0.4 is 22.7 Å². The molecule has 0 spiro atoms. The maximum Gasteiger partial charge on any atom is -0.0306 e. The first kappa shape index (κ1) is 50.4. The van der Waals surface area contributed by atoms with Crippen molar-refractivity contribution in [2.24, 2.45) is 0 Å². The molecular formula is C53H71ClOSiZr-2. The van der Waals surface area contributed by atoms with E-state index in [1.807, 2.05) is 6.07 Å². The maximum atomic E-state index is 11.7.